The summed E-state index contributed by atoms with van der Waals surface area (Å²) in [5.74, 6) is 0.862. The second kappa shape index (κ2) is 10.1. The minimum absolute atomic E-state index is 0.257. The number of nitrogens with zero attached hydrogens (tertiary/aromatic N) is 1. The summed E-state index contributed by atoms with van der Waals surface area (Å²) >= 11 is 4.37. The summed E-state index contributed by atoms with van der Waals surface area (Å²) in [5.41, 5.74) is 2.67. The van der Waals surface area contributed by atoms with Crippen LogP contribution in [0.2, 0.25) is 0 Å². The summed E-state index contributed by atoms with van der Waals surface area (Å²) in [6, 6.07) is 22.8. The topological polar surface area (TPSA) is 55.8 Å². The molecule has 3 aromatic carbocycles. The molecule has 1 aliphatic rings. The fourth-order valence-electron chi connectivity index (χ4n) is 3.19. The maximum Gasteiger partial charge on any atom is 0.293 e. The number of rotatable bonds is 7. The number of carbonyl (C=O) groups is 2. The Morgan fingerprint density at radius 1 is 0.938 bits per heavy atom. The maximum atomic E-state index is 12.8. The van der Waals surface area contributed by atoms with Crippen molar-refractivity contribution >= 4 is 44.9 Å². The van der Waals surface area contributed by atoms with Crippen molar-refractivity contribution in [2.24, 2.45) is 0 Å². The fraction of sp³-hybridized carbons (Fsp3) is 0.120. The number of halogens is 1. The van der Waals surface area contributed by atoms with Crippen molar-refractivity contribution in [2.75, 3.05) is 7.11 Å². The summed E-state index contributed by atoms with van der Waals surface area (Å²) in [7, 11) is 1.58. The van der Waals surface area contributed by atoms with Crippen molar-refractivity contribution in [3.63, 3.8) is 0 Å². The van der Waals surface area contributed by atoms with Crippen LogP contribution in [0.5, 0.6) is 11.5 Å². The maximum absolute atomic E-state index is 12.8. The SMILES string of the molecule is COc1ccc(/C=C2\SC(=O)N(Cc3ccccc3)C2=O)cc1OCc1ccc(Br)cc1. The largest absolute Gasteiger partial charge is 0.493 e. The Bertz CT molecular complexity index is 1160. The van der Waals surface area contributed by atoms with E-state index in [1.807, 2.05) is 66.7 Å². The number of benzene rings is 3. The first kappa shape index (κ1) is 22.2. The molecule has 0 unspecified atom stereocenters. The first-order valence-electron chi connectivity index (χ1n) is 9.88. The molecule has 1 fully saturated rings. The normalized spacial score (nSPS) is 14.8. The van der Waals surface area contributed by atoms with E-state index in [2.05, 4.69) is 15.9 Å². The van der Waals surface area contributed by atoms with E-state index in [1.165, 1.54) is 4.90 Å². The molecule has 162 valence electrons. The molecule has 0 spiro atoms. The van der Waals surface area contributed by atoms with Crippen LogP contribution < -0.4 is 9.47 Å². The second-order valence-electron chi connectivity index (χ2n) is 7.08. The molecule has 1 saturated heterocycles. The van der Waals surface area contributed by atoms with Gasteiger partial charge in [-0.25, -0.2) is 0 Å². The molecule has 0 radical (unpaired) electrons. The second-order valence-corrected chi connectivity index (χ2v) is 8.99. The molecule has 7 heteroatoms. The quantitative estimate of drug-likeness (QED) is 0.351. The van der Waals surface area contributed by atoms with Gasteiger partial charge in [0.2, 0.25) is 0 Å². The number of carbonyl (C=O) groups excluding carboxylic acids is 2. The molecule has 0 N–H and O–H groups in total. The van der Waals surface area contributed by atoms with Crippen molar-refractivity contribution in [1.82, 2.24) is 4.90 Å². The van der Waals surface area contributed by atoms with E-state index >= 15 is 0 Å². The van der Waals surface area contributed by atoms with Gasteiger partial charge >= 0.3 is 0 Å². The van der Waals surface area contributed by atoms with Crippen LogP contribution in [-0.4, -0.2) is 23.2 Å². The minimum Gasteiger partial charge on any atom is -0.493 e. The number of imide groups is 1. The number of thioether (sulfide) groups is 1. The highest BCUT2D eigenvalue weighted by Gasteiger charge is 2.35. The van der Waals surface area contributed by atoms with Crippen molar-refractivity contribution in [2.45, 2.75) is 13.2 Å². The van der Waals surface area contributed by atoms with Crippen LogP contribution in [0.1, 0.15) is 16.7 Å². The van der Waals surface area contributed by atoms with Gasteiger partial charge in [0.25, 0.3) is 11.1 Å². The van der Waals surface area contributed by atoms with Gasteiger partial charge in [0.15, 0.2) is 11.5 Å². The van der Waals surface area contributed by atoms with Gasteiger partial charge in [-0.3, -0.25) is 14.5 Å². The van der Waals surface area contributed by atoms with Crippen LogP contribution in [0.4, 0.5) is 4.79 Å². The lowest BCUT2D eigenvalue weighted by Crippen LogP contribution is -2.27. The molecule has 0 aliphatic carbocycles. The van der Waals surface area contributed by atoms with Crippen LogP contribution >= 0.6 is 27.7 Å². The lowest BCUT2D eigenvalue weighted by Gasteiger charge is -2.12. The Kier molecular flexibility index (Phi) is 6.97. The van der Waals surface area contributed by atoms with Crippen LogP contribution in [0.15, 0.2) is 82.2 Å². The fourth-order valence-corrected chi connectivity index (χ4v) is 4.29. The number of amides is 2. The van der Waals surface area contributed by atoms with Crippen molar-refractivity contribution in [3.8, 4) is 11.5 Å². The Hall–Kier alpha value is -3.03. The zero-order valence-electron chi connectivity index (χ0n) is 17.3. The van der Waals surface area contributed by atoms with E-state index in [1.54, 1.807) is 19.3 Å². The zero-order chi connectivity index (χ0) is 22.5. The lowest BCUT2D eigenvalue weighted by atomic mass is 10.1. The monoisotopic (exact) mass is 509 g/mol. The predicted octanol–water partition coefficient (Wildman–Crippen LogP) is 6.27. The van der Waals surface area contributed by atoms with E-state index in [0.717, 1.165) is 32.9 Å². The van der Waals surface area contributed by atoms with Gasteiger partial charge in [-0.1, -0.05) is 64.5 Å². The number of hydrogen-bond acceptors (Lipinski definition) is 5. The molecular formula is C25H20BrNO4S. The molecule has 2 amide bonds. The third-order valence-corrected chi connectivity index (χ3v) is 6.29. The highest BCUT2D eigenvalue weighted by atomic mass is 79.9. The summed E-state index contributed by atoms with van der Waals surface area (Å²) in [6.07, 6.45) is 1.71. The smallest absolute Gasteiger partial charge is 0.293 e. The average Bonchev–Trinajstić information content (AvgIpc) is 3.07. The average molecular weight is 510 g/mol. The molecule has 3 aromatic rings. The molecule has 4 rings (SSSR count). The Morgan fingerprint density at radius 2 is 1.69 bits per heavy atom. The molecule has 5 nitrogen and oxygen atoms in total. The van der Waals surface area contributed by atoms with Crippen LogP contribution in [0.3, 0.4) is 0 Å². The molecule has 32 heavy (non-hydrogen) atoms. The van der Waals surface area contributed by atoms with Crippen LogP contribution in [-0.2, 0) is 17.9 Å². The lowest BCUT2D eigenvalue weighted by molar-refractivity contribution is -0.123. The van der Waals surface area contributed by atoms with Gasteiger partial charge in [-0.2, -0.15) is 0 Å². The third-order valence-electron chi connectivity index (χ3n) is 4.85. The van der Waals surface area contributed by atoms with Gasteiger partial charge in [-0.15, -0.1) is 0 Å². The molecule has 0 atom stereocenters. The van der Waals surface area contributed by atoms with E-state index in [-0.39, 0.29) is 17.7 Å². The number of ether oxygens (including phenoxy) is 2. The molecule has 1 heterocycles. The van der Waals surface area contributed by atoms with E-state index < -0.39 is 0 Å². The molecular weight excluding hydrogens is 490 g/mol. The van der Waals surface area contributed by atoms with Crippen LogP contribution in [0, 0.1) is 0 Å². The van der Waals surface area contributed by atoms with Gasteiger partial charge in [0, 0.05) is 4.47 Å². The molecule has 1 aliphatic heterocycles. The Balaban J connectivity index is 1.51. The van der Waals surface area contributed by atoms with Crippen molar-refractivity contribution in [1.29, 1.82) is 0 Å². The van der Waals surface area contributed by atoms with Gasteiger partial charge in [-0.05, 0) is 58.8 Å². The molecule has 0 saturated carbocycles. The summed E-state index contributed by atoms with van der Waals surface area (Å²) < 4.78 is 12.4. The Labute approximate surface area is 199 Å². The van der Waals surface area contributed by atoms with Gasteiger partial charge < -0.3 is 9.47 Å². The summed E-state index contributed by atoms with van der Waals surface area (Å²) in [6.45, 7) is 0.633. The van der Waals surface area contributed by atoms with Crippen molar-refractivity contribution < 1.29 is 19.1 Å². The standard InChI is InChI=1S/C25H20BrNO4S/c1-30-21-12-9-19(13-22(21)31-16-18-7-10-20(26)11-8-18)14-23-24(28)27(25(29)32-23)15-17-5-3-2-4-6-17/h2-14H,15-16H2,1H3/b23-14-. The minimum atomic E-state index is -0.294. The van der Waals surface area contributed by atoms with Gasteiger partial charge in [0.05, 0.1) is 18.6 Å². The predicted molar refractivity (Wildman–Crippen MR) is 129 cm³/mol. The summed E-state index contributed by atoms with van der Waals surface area (Å²) in [5, 5.41) is -0.273. The Morgan fingerprint density at radius 3 is 2.41 bits per heavy atom. The van der Waals surface area contributed by atoms with E-state index in [4.69, 9.17) is 9.47 Å². The molecule has 0 aromatic heterocycles. The summed E-state index contributed by atoms with van der Waals surface area (Å²) in [4.78, 5) is 26.9. The number of methoxy groups -OCH3 is 1. The van der Waals surface area contributed by atoms with E-state index in [9.17, 15) is 9.59 Å². The van der Waals surface area contributed by atoms with Gasteiger partial charge in [0.1, 0.15) is 6.61 Å². The third kappa shape index (κ3) is 5.23. The highest BCUT2D eigenvalue weighted by molar-refractivity contribution is 9.10. The zero-order valence-corrected chi connectivity index (χ0v) is 19.7. The first-order chi connectivity index (χ1) is 15.5. The van der Waals surface area contributed by atoms with E-state index in [0.29, 0.717) is 23.0 Å². The number of hydrogen-bond donors (Lipinski definition) is 0. The first-order valence-corrected chi connectivity index (χ1v) is 11.5. The van der Waals surface area contributed by atoms with Crippen molar-refractivity contribution in [3.05, 3.63) is 98.9 Å². The highest BCUT2D eigenvalue weighted by Crippen LogP contribution is 2.35. The molecule has 0 bridgehead atoms. The van der Waals surface area contributed by atoms with Crippen LogP contribution in [0.25, 0.3) is 6.08 Å².